The second-order valence-electron chi connectivity index (χ2n) is 4.27. The maximum Gasteiger partial charge on any atom is 0.425 e. The number of hydrogen-bond donors (Lipinski definition) is 1. The molecule has 0 amide bonds. The van der Waals surface area contributed by atoms with Gasteiger partial charge in [0.1, 0.15) is 5.75 Å². The van der Waals surface area contributed by atoms with Gasteiger partial charge < -0.3 is 10.1 Å². The van der Waals surface area contributed by atoms with Crippen LogP contribution in [-0.4, -0.2) is 18.8 Å². The Labute approximate surface area is 119 Å². The molecule has 0 aliphatic carbocycles. The summed E-state index contributed by atoms with van der Waals surface area (Å²) in [6, 6.07) is 5.22. The van der Waals surface area contributed by atoms with Crippen LogP contribution in [0, 0.1) is 0 Å². The van der Waals surface area contributed by atoms with Gasteiger partial charge in [-0.3, -0.25) is 0 Å². The van der Waals surface area contributed by atoms with E-state index in [4.69, 9.17) is 4.74 Å². The standard InChI is InChI=1S/C13H17BrF3NO/c1-4-18-8(2)10-5-6-12(11(14)7-10)19-9(3)13(15,16)17/h5-9,18H,4H2,1-3H3. The summed E-state index contributed by atoms with van der Waals surface area (Å²) < 4.78 is 42.7. The van der Waals surface area contributed by atoms with Gasteiger partial charge in [-0.2, -0.15) is 13.2 Å². The number of benzene rings is 1. The smallest absolute Gasteiger partial charge is 0.425 e. The van der Waals surface area contributed by atoms with Gasteiger partial charge in [-0.15, -0.1) is 0 Å². The van der Waals surface area contributed by atoms with Gasteiger partial charge in [-0.1, -0.05) is 13.0 Å². The molecule has 2 unspecified atom stereocenters. The van der Waals surface area contributed by atoms with E-state index in [1.807, 2.05) is 13.8 Å². The predicted molar refractivity (Wildman–Crippen MR) is 72.4 cm³/mol. The molecule has 2 atom stereocenters. The number of alkyl halides is 3. The van der Waals surface area contributed by atoms with Crippen LogP contribution in [0.4, 0.5) is 13.2 Å². The molecule has 0 aliphatic heterocycles. The molecule has 0 aromatic heterocycles. The van der Waals surface area contributed by atoms with Crippen LogP contribution < -0.4 is 10.1 Å². The predicted octanol–water partition coefficient (Wildman–Crippen LogP) is 4.45. The number of ether oxygens (including phenoxy) is 1. The lowest BCUT2D eigenvalue weighted by Gasteiger charge is -2.20. The van der Waals surface area contributed by atoms with Crippen molar-refractivity contribution in [1.29, 1.82) is 0 Å². The van der Waals surface area contributed by atoms with Crippen molar-refractivity contribution in [3.8, 4) is 5.75 Å². The average Bonchev–Trinajstić information content (AvgIpc) is 2.30. The first-order valence-corrected chi connectivity index (χ1v) is 6.81. The van der Waals surface area contributed by atoms with Crippen molar-refractivity contribution in [3.63, 3.8) is 0 Å². The molecule has 2 nitrogen and oxygen atoms in total. The Morgan fingerprint density at radius 3 is 2.42 bits per heavy atom. The molecule has 6 heteroatoms. The Hall–Kier alpha value is -0.750. The zero-order valence-electron chi connectivity index (χ0n) is 11.0. The lowest BCUT2D eigenvalue weighted by atomic mass is 10.1. The zero-order chi connectivity index (χ0) is 14.6. The average molecular weight is 340 g/mol. The maximum absolute atomic E-state index is 12.4. The summed E-state index contributed by atoms with van der Waals surface area (Å²) in [7, 11) is 0. The minimum absolute atomic E-state index is 0.135. The van der Waals surface area contributed by atoms with Gasteiger partial charge in [0.2, 0.25) is 0 Å². The van der Waals surface area contributed by atoms with Crippen molar-refractivity contribution in [1.82, 2.24) is 5.32 Å². The van der Waals surface area contributed by atoms with Crippen LogP contribution in [0.5, 0.6) is 5.75 Å². The van der Waals surface area contributed by atoms with Gasteiger partial charge in [0.05, 0.1) is 4.47 Å². The number of hydrogen-bond acceptors (Lipinski definition) is 2. The number of rotatable bonds is 5. The fourth-order valence-corrected chi connectivity index (χ4v) is 2.05. The van der Waals surface area contributed by atoms with Crippen molar-refractivity contribution in [3.05, 3.63) is 28.2 Å². The molecule has 0 heterocycles. The Morgan fingerprint density at radius 1 is 1.32 bits per heavy atom. The molecule has 0 saturated carbocycles. The zero-order valence-corrected chi connectivity index (χ0v) is 12.6. The molecule has 1 rings (SSSR count). The Balaban J connectivity index is 2.83. The third kappa shape index (κ3) is 4.69. The molecule has 0 bridgehead atoms. The van der Waals surface area contributed by atoms with E-state index in [1.165, 1.54) is 0 Å². The van der Waals surface area contributed by atoms with E-state index in [1.54, 1.807) is 18.2 Å². The van der Waals surface area contributed by atoms with Crippen LogP contribution in [0.3, 0.4) is 0 Å². The van der Waals surface area contributed by atoms with Crippen molar-refractivity contribution in [2.24, 2.45) is 0 Å². The second-order valence-corrected chi connectivity index (χ2v) is 5.13. The second kappa shape index (κ2) is 6.61. The summed E-state index contributed by atoms with van der Waals surface area (Å²) in [5.74, 6) is 0.192. The van der Waals surface area contributed by atoms with E-state index >= 15 is 0 Å². The molecular weight excluding hydrogens is 323 g/mol. The molecule has 1 aromatic rings. The molecule has 108 valence electrons. The van der Waals surface area contributed by atoms with E-state index in [-0.39, 0.29) is 11.8 Å². The molecule has 19 heavy (non-hydrogen) atoms. The van der Waals surface area contributed by atoms with Crippen molar-refractivity contribution < 1.29 is 17.9 Å². The lowest BCUT2D eigenvalue weighted by Crippen LogP contribution is -2.31. The highest BCUT2D eigenvalue weighted by atomic mass is 79.9. The summed E-state index contributed by atoms with van der Waals surface area (Å²) in [4.78, 5) is 0. The largest absolute Gasteiger partial charge is 0.480 e. The molecule has 0 radical (unpaired) electrons. The third-order valence-corrected chi connectivity index (χ3v) is 3.35. The number of halogens is 4. The summed E-state index contributed by atoms with van der Waals surface area (Å²) in [6.07, 6.45) is -6.20. The SMILES string of the molecule is CCNC(C)c1ccc(OC(C)C(F)(F)F)c(Br)c1. The highest BCUT2D eigenvalue weighted by molar-refractivity contribution is 9.10. The highest BCUT2D eigenvalue weighted by Crippen LogP contribution is 2.32. The molecule has 0 aliphatic rings. The summed E-state index contributed by atoms with van der Waals surface area (Å²) in [5.41, 5.74) is 0.987. The molecule has 0 saturated heterocycles. The van der Waals surface area contributed by atoms with Crippen LogP contribution in [0.1, 0.15) is 32.4 Å². The first-order valence-electron chi connectivity index (χ1n) is 6.02. The normalized spacial score (nSPS) is 15.1. The van der Waals surface area contributed by atoms with Gasteiger partial charge in [0, 0.05) is 6.04 Å². The van der Waals surface area contributed by atoms with Crippen LogP contribution >= 0.6 is 15.9 Å². The fraction of sp³-hybridized carbons (Fsp3) is 0.538. The van der Waals surface area contributed by atoms with E-state index in [0.717, 1.165) is 19.0 Å². The van der Waals surface area contributed by atoms with E-state index in [2.05, 4.69) is 21.2 Å². The fourth-order valence-electron chi connectivity index (χ4n) is 1.56. The quantitative estimate of drug-likeness (QED) is 0.855. The summed E-state index contributed by atoms with van der Waals surface area (Å²) in [6.45, 7) is 5.79. The Morgan fingerprint density at radius 2 is 1.95 bits per heavy atom. The van der Waals surface area contributed by atoms with Gasteiger partial charge in [-0.05, 0) is 54.0 Å². The van der Waals surface area contributed by atoms with Crippen molar-refractivity contribution in [2.45, 2.75) is 39.1 Å². The van der Waals surface area contributed by atoms with Crippen LogP contribution in [-0.2, 0) is 0 Å². The van der Waals surface area contributed by atoms with Gasteiger partial charge >= 0.3 is 6.18 Å². The molecule has 0 fully saturated rings. The van der Waals surface area contributed by atoms with Gasteiger partial charge in [0.15, 0.2) is 6.10 Å². The van der Waals surface area contributed by atoms with E-state index in [9.17, 15) is 13.2 Å². The van der Waals surface area contributed by atoms with E-state index in [0.29, 0.717) is 4.47 Å². The molecular formula is C13H17BrF3NO. The number of nitrogens with one attached hydrogen (secondary N) is 1. The first-order chi connectivity index (χ1) is 8.75. The topological polar surface area (TPSA) is 21.3 Å². The van der Waals surface area contributed by atoms with E-state index < -0.39 is 12.3 Å². The first kappa shape index (κ1) is 16.3. The van der Waals surface area contributed by atoms with Crippen molar-refractivity contribution >= 4 is 15.9 Å². The summed E-state index contributed by atoms with van der Waals surface area (Å²) in [5, 5.41) is 3.23. The van der Waals surface area contributed by atoms with Gasteiger partial charge in [-0.25, -0.2) is 0 Å². The van der Waals surface area contributed by atoms with Gasteiger partial charge in [0.25, 0.3) is 0 Å². The van der Waals surface area contributed by atoms with Crippen LogP contribution in [0.2, 0.25) is 0 Å². The third-order valence-electron chi connectivity index (χ3n) is 2.73. The van der Waals surface area contributed by atoms with Crippen LogP contribution in [0.25, 0.3) is 0 Å². The maximum atomic E-state index is 12.4. The summed E-state index contributed by atoms with van der Waals surface area (Å²) >= 11 is 3.24. The lowest BCUT2D eigenvalue weighted by molar-refractivity contribution is -0.189. The van der Waals surface area contributed by atoms with Crippen molar-refractivity contribution in [2.75, 3.05) is 6.54 Å². The Bertz CT molecular complexity index is 423. The highest BCUT2D eigenvalue weighted by Gasteiger charge is 2.38. The minimum atomic E-state index is -4.37. The molecule has 1 aromatic carbocycles. The Kier molecular flexibility index (Phi) is 5.67. The molecule has 0 spiro atoms. The van der Waals surface area contributed by atoms with Crippen LogP contribution in [0.15, 0.2) is 22.7 Å². The minimum Gasteiger partial charge on any atom is -0.480 e. The monoisotopic (exact) mass is 339 g/mol. The molecule has 1 N–H and O–H groups in total.